The Balaban J connectivity index is 1.37. The minimum atomic E-state index is -0.201. The normalized spacial score (nSPS) is 25.2. The zero-order valence-electron chi connectivity index (χ0n) is 18.8. The van der Waals surface area contributed by atoms with Crippen molar-refractivity contribution in [1.29, 1.82) is 0 Å². The van der Waals surface area contributed by atoms with Gasteiger partial charge in [0.25, 0.3) is 5.91 Å². The van der Waals surface area contributed by atoms with Gasteiger partial charge in [-0.25, -0.2) is 9.97 Å². The van der Waals surface area contributed by atoms with Crippen LogP contribution in [0.5, 0.6) is 0 Å². The van der Waals surface area contributed by atoms with Gasteiger partial charge in [-0.1, -0.05) is 20.8 Å². The van der Waals surface area contributed by atoms with Crippen LogP contribution >= 0.6 is 0 Å². The summed E-state index contributed by atoms with van der Waals surface area (Å²) in [6, 6.07) is 9.19. The maximum Gasteiger partial charge on any atom is 0.251 e. The molecule has 8 nitrogen and oxygen atoms in total. The molecule has 1 aromatic heterocycles. The van der Waals surface area contributed by atoms with E-state index in [1.165, 1.54) is 0 Å². The summed E-state index contributed by atoms with van der Waals surface area (Å²) in [6.45, 7) is 7.25. The Morgan fingerprint density at radius 2 is 1.68 bits per heavy atom. The van der Waals surface area contributed by atoms with E-state index in [1.807, 2.05) is 49.3 Å². The number of aromatic nitrogens is 2. The second kappa shape index (κ2) is 8.43. The van der Waals surface area contributed by atoms with Crippen LogP contribution in [-0.4, -0.2) is 67.5 Å². The van der Waals surface area contributed by atoms with Gasteiger partial charge in [0.15, 0.2) is 0 Å². The lowest BCUT2D eigenvalue weighted by Crippen LogP contribution is -2.44. The SMILES string of the molecule is CN(C)c1ccc(C(=O)N[C@H]2CO[C@H]3[C@H]2OC[C@H]3Nc2nccc(C(C)(C)C)n2)cc1. The van der Waals surface area contributed by atoms with Crippen molar-refractivity contribution in [2.24, 2.45) is 0 Å². The van der Waals surface area contributed by atoms with Gasteiger partial charge < -0.3 is 25.0 Å². The predicted octanol–water partition coefficient (Wildman–Crippen LogP) is 2.22. The zero-order valence-corrected chi connectivity index (χ0v) is 18.8. The molecule has 2 aromatic rings. The first-order valence-electron chi connectivity index (χ1n) is 10.6. The van der Waals surface area contributed by atoms with Crippen LogP contribution in [0.25, 0.3) is 0 Å². The van der Waals surface area contributed by atoms with Crippen molar-refractivity contribution >= 4 is 17.5 Å². The molecule has 31 heavy (non-hydrogen) atoms. The largest absolute Gasteiger partial charge is 0.378 e. The molecular formula is C23H31N5O3. The summed E-state index contributed by atoms with van der Waals surface area (Å²) in [7, 11) is 3.94. The van der Waals surface area contributed by atoms with Crippen molar-refractivity contribution in [1.82, 2.24) is 15.3 Å². The standard InChI is InChI=1S/C23H31N5O3/c1-23(2,3)18-10-11-24-22(27-18)26-17-13-31-19-16(12-30-20(17)19)25-21(29)14-6-8-15(9-7-14)28(4)5/h6-11,16-17,19-20H,12-13H2,1-5H3,(H,25,29)(H,24,26,27)/t16-,17+,19-,20+/m0/s1. The molecule has 2 saturated heterocycles. The van der Waals surface area contributed by atoms with Crippen LogP contribution in [0.15, 0.2) is 36.5 Å². The van der Waals surface area contributed by atoms with Gasteiger partial charge >= 0.3 is 0 Å². The molecule has 0 radical (unpaired) electrons. The van der Waals surface area contributed by atoms with Crippen LogP contribution in [0, 0.1) is 0 Å². The quantitative estimate of drug-likeness (QED) is 0.759. The Bertz CT molecular complexity index is 926. The van der Waals surface area contributed by atoms with Crippen molar-refractivity contribution in [2.45, 2.75) is 50.5 Å². The lowest BCUT2D eigenvalue weighted by atomic mass is 9.92. The predicted molar refractivity (Wildman–Crippen MR) is 120 cm³/mol. The molecule has 0 spiro atoms. The molecule has 0 bridgehead atoms. The number of hydrogen-bond donors (Lipinski definition) is 2. The molecule has 0 unspecified atom stereocenters. The van der Waals surface area contributed by atoms with E-state index in [0.717, 1.165) is 11.4 Å². The Hall–Kier alpha value is -2.71. The molecule has 166 valence electrons. The Morgan fingerprint density at radius 3 is 2.32 bits per heavy atom. The number of rotatable bonds is 5. The molecule has 3 heterocycles. The van der Waals surface area contributed by atoms with Crippen LogP contribution in [0.2, 0.25) is 0 Å². The maximum absolute atomic E-state index is 12.7. The summed E-state index contributed by atoms with van der Waals surface area (Å²) in [6.07, 6.45) is 1.40. The Labute approximate surface area is 183 Å². The first-order valence-corrected chi connectivity index (χ1v) is 10.6. The average molecular weight is 426 g/mol. The van der Waals surface area contributed by atoms with E-state index in [9.17, 15) is 4.79 Å². The van der Waals surface area contributed by atoms with E-state index in [0.29, 0.717) is 24.7 Å². The highest BCUT2D eigenvalue weighted by Gasteiger charge is 2.48. The fourth-order valence-corrected chi connectivity index (χ4v) is 3.92. The first-order chi connectivity index (χ1) is 14.7. The number of ether oxygens (including phenoxy) is 2. The second-order valence-corrected chi connectivity index (χ2v) is 9.38. The van der Waals surface area contributed by atoms with Crippen LogP contribution in [0.4, 0.5) is 11.6 Å². The van der Waals surface area contributed by atoms with Gasteiger partial charge in [-0.05, 0) is 30.3 Å². The number of hydrogen-bond acceptors (Lipinski definition) is 7. The topological polar surface area (TPSA) is 88.6 Å². The van der Waals surface area contributed by atoms with Crippen molar-refractivity contribution < 1.29 is 14.3 Å². The van der Waals surface area contributed by atoms with Crippen molar-refractivity contribution in [2.75, 3.05) is 37.5 Å². The lowest BCUT2D eigenvalue weighted by molar-refractivity contribution is 0.0652. The number of amides is 1. The molecular weight excluding hydrogens is 394 g/mol. The third kappa shape index (κ3) is 4.65. The number of carbonyl (C=O) groups excluding carboxylic acids is 1. The minimum absolute atomic E-state index is 0.0575. The van der Waals surface area contributed by atoms with E-state index in [1.54, 1.807) is 6.20 Å². The maximum atomic E-state index is 12.7. The van der Waals surface area contributed by atoms with E-state index in [-0.39, 0.29) is 35.6 Å². The molecule has 4 atom stereocenters. The second-order valence-electron chi connectivity index (χ2n) is 9.38. The first kappa shape index (κ1) is 21.5. The van der Waals surface area contributed by atoms with Crippen LogP contribution in [0.1, 0.15) is 36.8 Å². The van der Waals surface area contributed by atoms with Crippen LogP contribution < -0.4 is 15.5 Å². The van der Waals surface area contributed by atoms with Gasteiger partial charge in [0.05, 0.1) is 31.0 Å². The summed E-state index contributed by atoms with van der Waals surface area (Å²) in [5.41, 5.74) is 2.58. The molecule has 2 aliphatic heterocycles. The van der Waals surface area contributed by atoms with E-state index >= 15 is 0 Å². The summed E-state index contributed by atoms with van der Waals surface area (Å²) in [5, 5.41) is 6.42. The smallest absolute Gasteiger partial charge is 0.251 e. The number of benzene rings is 1. The van der Waals surface area contributed by atoms with E-state index in [4.69, 9.17) is 9.47 Å². The van der Waals surface area contributed by atoms with Crippen LogP contribution in [-0.2, 0) is 14.9 Å². The van der Waals surface area contributed by atoms with Gasteiger partial charge in [-0.2, -0.15) is 0 Å². The number of carbonyl (C=O) groups is 1. The monoisotopic (exact) mass is 425 g/mol. The molecule has 1 aromatic carbocycles. The number of nitrogens with one attached hydrogen (secondary N) is 2. The molecule has 1 amide bonds. The fourth-order valence-electron chi connectivity index (χ4n) is 3.92. The van der Waals surface area contributed by atoms with Crippen molar-refractivity contribution in [3.8, 4) is 0 Å². The van der Waals surface area contributed by atoms with Gasteiger partial charge in [0.2, 0.25) is 5.95 Å². The van der Waals surface area contributed by atoms with E-state index < -0.39 is 0 Å². The summed E-state index contributed by atoms with van der Waals surface area (Å²) in [4.78, 5) is 23.7. The Kier molecular flexibility index (Phi) is 5.85. The molecule has 8 heteroatoms. The molecule has 4 rings (SSSR count). The van der Waals surface area contributed by atoms with Gasteiger partial charge in [0, 0.05) is 37.0 Å². The van der Waals surface area contributed by atoms with Gasteiger partial charge in [-0.15, -0.1) is 0 Å². The third-order valence-electron chi connectivity index (χ3n) is 5.75. The minimum Gasteiger partial charge on any atom is -0.378 e. The number of nitrogens with zero attached hydrogens (tertiary/aromatic N) is 3. The molecule has 2 aliphatic rings. The van der Waals surface area contributed by atoms with Crippen LogP contribution in [0.3, 0.4) is 0 Å². The molecule has 0 saturated carbocycles. The highest BCUT2D eigenvalue weighted by molar-refractivity contribution is 5.94. The summed E-state index contributed by atoms with van der Waals surface area (Å²) < 4.78 is 12.0. The third-order valence-corrected chi connectivity index (χ3v) is 5.75. The van der Waals surface area contributed by atoms with Crippen molar-refractivity contribution in [3.05, 3.63) is 47.8 Å². The summed E-state index contributed by atoms with van der Waals surface area (Å²) >= 11 is 0. The Morgan fingerprint density at radius 1 is 1.03 bits per heavy atom. The highest BCUT2D eigenvalue weighted by atomic mass is 16.6. The fraction of sp³-hybridized carbons (Fsp3) is 0.522. The molecule has 2 fully saturated rings. The zero-order chi connectivity index (χ0) is 22.2. The molecule has 0 aliphatic carbocycles. The summed E-state index contributed by atoms with van der Waals surface area (Å²) in [5.74, 6) is 0.444. The van der Waals surface area contributed by atoms with Crippen molar-refractivity contribution in [3.63, 3.8) is 0 Å². The van der Waals surface area contributed by atoms with E-state index in [2.05, 4.69) is 41.4 Å². The lowest BCUT2D eigenvalue weighted by Gasteiger charge is -2.21. The van der Waals surface area contributed by atoms with Gasteiger partial charge in [-0.3, -0.25) is 4.79 Å². The number of anilines is 2. The number of fused-ring (bicyclic) bond motifs is 1. The highest BCUT2D eigenvalue weighted by Crippen LogP contribution is 2.29. The molecule has 2 N–H and O–H groups in total. The van der Waals surface area contributed by atoms with Gasteiger partial charge in [0.1, 0.15) is 12.2 Å². The average Bonchev–Trinajstić information content (AvgIpc) is 3.31.